The molecule has 0 spiro atoms. The van der Waals surface area contributed by atoms with Gasteiger partial charge in [-0.25, -0.2) is 4.98 Å². The van der Waals surface area contributed by atoms with Gasteiger partial charge in [-0.1, -0.05) is 11.6 Å². The fourth-order valence-corrected chi connectivity index (χ4v) is 1.89. The second kappa shape index (κ2) is 8.12. The predicted octanol–water partition coefficient (Wildman–Crippen LogP) is 3.55. The Bertz CT molecular complexity index is 326. The van der Waals surface area contributed by atoms with Gasteiger partial charge in [0.2, 0.25) is 0 Å². The van der Waals surface area contributed by atoms with Crippen LogP contribution < -0.4 is 5.32 Å². The van der Waals surface area contributed by atoms with Crippen LogP contribution in [0.5, 0.6) is 0 Å². The second-order valence-electron chi connectivity index (χ2n) is 3.07. The van der Waals surface area contributed by atoms with Crippen molar-refractivity contribution in [3.63, 3.8) is 0 Å². The van der Waals surface area contributed by atoms with Gasteiger partial charge in [0.1, 0.15) is 5.82 Å². The van der Waals surface area contributed by atoms with Crippen molar-refractivity contribution in [2.45, 2.75) is 6.42 Å². The van der Waals surface area contributed by atoms with Crippen LogP contribution in [-0.4, -0.2) is 30.6 Å². The Morgan fingerprint density at radius 3 is 2.94 bits per heavy atom. The third-order valence-electron chi connectivity index (χ3n) is 1.79. The first-order chi connectivity index (χ1) is 7.74. The Labute approximate surface area is 114 Å². The molecule has 1 N–H and O–H groups in total. The summed E-state index contributed by atoms with van der Waals surface area (Å²) in [6.45, 7) is 2.06. The first kappa shape index (κ1) is 14.0. The normalized spacial score (nSPS) is 10.4. The van der Waals surface area contributed by atoms with Crippen molar-refractivity contribution in [2.75, 3.05) is 31.0 Å². The number of halogens is 3. The molecule has 0 atom stereocenters. The zero-order valence-corrected chi connectivity index (χ0v) is 11.8. The molecule has 0 unspecified atom stereocenters. The fraction of sp³-hybridized carbons (Fsp3) is 0.500. The lowest BCUT2D eigenvalue weighted by atomic mass is 10.4. The molecule has 0 aromatic carbocycles. The van der Waals surface area contributed by atoms with Crippen molar-refractivity contribution < 1.29 is 4.74 Å². The van der Waals surface area contributed by atoms with Gasteiger partial charge in [-0.3, -0.25) is 0 Å². The zero-order chi connectivity index (χ0) is 11.8. The monoisotopic (exact) mass is 326 g/mol. The van der Waals surface area contributed by atoms with Gasteiger partial charge >= 0.3 is 0 Å². The number of nitrogens with zero attached hydrogens (tertiary/aromatic N) is 1. The Hall–Kier alpha value is -0.0300. The van der Waals surface area contributed by atoms with Gasteiger partial charge < -0.3 is 10.1 Å². The number of anilines is 1. The van der Waals surface area contributed by atoms with E-state index >= 15 is 0 Å². The van der Waals surface area contributed by atoms with Crippen molar-refractivity contribution in [1.29, 1.82) is 0 Å². The van der Waals surface area contributed by atoms with E-state index < -0.39 is 0 Å². The summed E-state index contributed by atoms with van der Waals surface area (Å²) in [6, 6.07) is 1.81. The molecule has 0 saturated carbocycles. The number of hydrogen-bond donors (Lipinski definition) is 1. The molecule has 0 fully saturated rings. The minimum absolute atomic E-state index is 0.535. The maximum Gasteiger partial charge on any atom is 0.144 e. The summed E-state index contributed by atoms with van der Waals surface area (Å²) in [6.07, 6.45) is 2.60. The molecule has 0 aliphatic rings. The molecular formula is C10H13BrCl2N2O. The summed E-state index contributed by atoms with van der Waals surface area (Å²) in [5.41, 5.74) is 0. The van der Waals surface area contributed by atoms with E-state index in [1.165, 1.54) is 0 Å². The predicted molar refractivity (Wildman–Crippen MR) is 71.6 cm³/mol. The lowest BCUT2D eigenvalue weighted by Gasteiger charge is -2.07. The van der Waals surface area contributed by atoms with Crippen LogP contribution >= 0.6 is 39.1 Å². The van der Waals surface area contributed by atoms with Crippen LogP contribution in [0.2, 0.25) is 5.02 Å². The maximum atomic E-state index is 5.99. The maximum absolute atomic E-state index is 5.99. The molecule has 1 rings (SSSR count). The Kier molecular flexibility index (Phi) is 7.12. The second-order valence-corrected chi connectivity index (χ2v) is 4.77. The molecule has 0 aliphatic carbocycles. The topological polar surface area (TPSA) is 34.1 Å². The quantitative estimate of drug-likeness (QED) is 0.614. The van der Waals surface area contributed by atoms with E-state index in [0.717, 1.165) is 17.4 Å². The zero-order valence-electron chi connectivity index (χ0n) is 8.68. The summed E-state index contributed by atoms with van der Waals surface area (Å²) in [5, 5.41) is 3.75. The molecule has 0 radical (unpaired) electrons. The van der Waals surface area contributed by atoms with E-state index in [1.54, 1.807) is 12.3 Å². The minimum atomic E-state index is 0.535. The third kappa shape index (κ3) is 5.34. The molecule has 0 aliphatic heterocycles. The molecule has 90 valence electrons. The molecule has 6 heteroatoms. The Morgan fingerprint density at radius 1 is 1.44 bits per heavy atom. The number of rotatable bonds is 7. The highest BCUT2D eigenvalue weighted by atomic mass is 79.9. The number of nitrogens with one attached hydrogen (secondary N) is 1. The summed E-state index contributed by atoms with van der Waals surface area (Å²) in [4.78, 5) is 4.16. The van der Waals surface area contributed by atoms with E-state index in [4.69, 9.17) is 27.9 Å². The summed E-state index contributed by atoms with van der Waals surface area (Å²) in [7, 11) is 0. The summed E-state index contributed by atoms with van der Waals surface area (Å²) in [5.74, 6) is 1.23. The van der Waals surface area contributed by atoms with Crippen LogP contribution in [-0.2, 0) is 4.74 Å². The van der Waals surface area contributed by atoms with Crippen LogP contribution in [0.1, 0.15) is 6.42 Å². The largest absolute Gasteiger partial charge is 0.380 e. The Balaban J connectivity index is 2.21. The van der Waals surface area contributed by atoms with Crippen LogP contribution in [0.25, 0.3) is 0 Å². The van der Waals surface area contributed by atoms with E-state index in [1.807, 2.05) is 0 Å². The fourth-order valence-electron chi connectivity index (χ4n) is 1.08. The van der Waals surface area contributed by atoms with Gasteiger partial charge in [-0.05, 0) is 28.4 Å². The van der Waals surface area contributed by atoms with Crippen molar-refractivity contribution >= 4 is 44.9 Å². The average Bonchev–Trinajstić information content (AvgIpc) is 2.26. The van der Waals surface area contributed by atoms with Crippen LogP contribution in [0.4, 0.5) is 5.82 Å². The van der Waals surface area contributed by atoms with E-state index in [2.05, 4.69) is 26.2 Å². The lowest BCUT2D eigenvalue weighted by molar-refractivity contribution is 0.149. The molecule has 1 heterocycles. The number of alkyl halides is 1. The van der Waals surface area contributed by atoms with Crippen molar-refractivity contribution in [3.05, 3.63) is 21.8 Å². The van der Waals surface area contributed by atoms with Gasteiger partial charge in [0, 0.05) is 29.7 Å². The summed E-state index contributed by atoms with van der Waals surface area (Å²) < 4.78 is 6.11. The molecule has 0 bridgehead atoms. The Morgan fingerprint density at radius 2 is 2.25 bits per heavy atom. The van der Waals surface area contributed by atoms with Crippen molar-refractivity contribution in [2.24, 2.45) is 0 Å². The van der Waals surface area contributed by atoms with Gasteiger partial charge in [-0.15, -0.1) is 11.6 Å². The molecule has 0 saturated heterocycles. The lowest BCUT2D eigenvalue weighted by Crippen LogP contribution is -2.08. The molecule has 1 aromatic rings. The first-order valence-electron chi connectivity index (χ1n) is 4.92. The van der Waals surface area contributed by atoms with Crippen LogP contribution in [0.3, 0.4) is 0 Å². The van der Waals surface area contributed by atoms with Gasteiger partial charge in [0.15, 0.2) is 0 Å². The molecule has 16 heavy (non-hydrogen) atoms. The molecule has 0 amide bonds. The average molecular weight is 328 g/mol. The third-order valence-corrected chi connectivity index (χ3v) is 2.66. The summed E-state index contributed by atoms with van der Waals surface area (Å²) >= 11 is 14.8. The SMILES string of the molecule is ClCCOCCCNc1ncc(Br)cc1Cl. The van der Waals surface area contributed by atoms with E-state index in [9.17, 15) is 0 Å². The molecule has 3 nitrogen and oxygen atoms in total. The van der Waals surface area contributed by atoms with Gasteiger partial charge in [0.25, 0.3) is 0 Å². The van der Waals surface area contributed by atoms with Gasteiger partial charge in [-0.2, -0.15) is 0 Å². The smallest absolute Gasteiger partial charge is 0.144 e. The first-order valence-corrected chi connectivity index (χ1v) is 6.63. The van der Waals surface area contributed by atoms with Gasteiger partial charge in [0.05, 0.1) is 11.6 Å². The van der Waals surface area contributed by atoms with E-state index in [-0.39, 0.29) is 0 Å². The van der Waals surface area contributed by atoms with Crippen LogP contribution in [0, 0.1) is 0 Å². The van der Waals surface area contributed by atoms with E-state index in [0.29, 0.717) is 29.9 Å². The highest BCUT2D eigenvalue weighted by molar-refractivity contribution is 9.10. The highest BCUT2D eigenvalue weighted by Gasteiger charge is 2.01. The molecule has 1 aromatic heterocycles. The minimum Gasteiger partial charge on any atom is -0.380 e. The van der Waals surface area contributed by atoms with Crippen LogP contribution in [0.15, 0.2) is 16.7 Å². The number of hydrogen-bond acceptors (Lipinski definition) is 3. The highest BCUT2D eigenvalue weighted by Crippen LogP contribution is 2.22. The molecular weight excluding hydrogens is 315 g/mol. The standard InChI is InChI=1S/C10H13BrCl2N2O/c11-8-6-9(13)10(15-7-8)14-3-1-4-16-5-2-12/h6-7H,1-5H2,(H,14,15). The van der Waals surface area contributed by atoms with Crippen molar-refractivity contribution in [1.82, 2.24) is 4.98 Å². The number of ether oxygens (including phenoxy) is 1. The number of aromatic nitrogens is 1. The number of pyridine rings is 1. The van der Waals surface area contributed by atoms with Crippen molar-refractivity contribution in [3.8, 4) is 0 Å².